The van der Waals surface area contributed by atoms with E-state index in [0.717, 1.165) is 41.2 Å². The minimum absolute atomic E-state index is 0.0471. The monoisotopic (exact) mass is 330 g/mol. The van der Waals surface area contributed by atoms with Crippen LogP contribution in [0.3, 0.4) is 0 Å². The molecule has 1 heterocycles. The Hall–Kier alpha value is -2.56. The van der Waals surface area contributed by atoms with Gasteiger partial charge in [-0.25, -0.2) is 0 Å². The van der Waals surface area contributed by atoms with Crippen molar-refractivity contribution in [2.45, 2.75) is 18.9 Å². The lowest BCUT2D eigenvalue weighted by Gasteiger charge is -2.28. The molecule has 0 amide bonds. The third-order valence-corrected chi connectivity index (χ3v) is 4.30. The van der Waals surface area contributed by atoms with Crippen molar-refractivity contribution < 1.29 is 23.7 Å². The maximum atomic E-state index is 6.22. The summed E-state index contributed by atoms with van der Waals surface area (Å²) < 4.78 is 27.7. The maximum absolute atomic E-state index is 6.22. The van der Waals surface area contributed by atoms with Gasteiger partial charge in [-0.15, -0.1) is 0 Å². The molecule has 24 heavy (non-hydrogen) atoms. The molecule has 0 saturated heterocycles. The molecule has 5 heteroatoms. The molecule has 128 valence electrons. The summed E-state index contributed by atoms with van der Waals surface area (Å²) in [5.41, 5.74) is 2.13. The molecular weight excluding hydrogens is 308 g/mol. The fourth-order valence-corrected chi connectivity index (χ4v) is 3.02. The van der Waals surface area contributed by atoms with Crippen molar-refractivity contribution in [1.82, 2.24) is 0 Å². The van der Waals surface area contributed by atoms with Crippen LogP contribution >= 0.6 is 0 Å². The zero-order valence-corrected chi connectivity index (χ0v) is 14.4. The molecule has 0 saturated carbocycles. The number of hydrogen-bond donors (Lipinski definition) is 0. The average Bonchev–Trinajstić information content (AvgIpc) is 2.65. The topological polar surface area (TPSA) is 46.2 Å². The van der Waals surface area contributed by atoms with E-state index < -0.39 is 0 Å². The highest BCUT2D eigenvalue weighted by Crippen LogP contribution is 2.43. The van der Waals surface area contributed by atoms with Crippen molar-refractivity contribution in [2.75, 3.05) is 28.4 Å². The molecule has 5 nitrogen and oxygen atoms in total. The first-order chi connectivity index (χ1) is 11.7. The Morgan fingerprint density at radius 2 is 1.58 bits per heavy atom. The average molecular weight is 330 g/mol. The molecule has 3 rings (SSSR count). The standard InChI is InChI=1S/C19H22O5/c1-20-13-10-17(22-3)14-6-8-15(24-18(14)11-13)12-5-7-16(21-2)19(9-12)23-4/h5,7,9-11,15H,6,8H2,1-4H3/t15-/m1/s1. The number of methoxy groups -OCH3 is 4. The van der Waals surface area contributed by atoms with Crippen molar-refractivity contribution in [3.05, 3.63) is 41.5 Å². The van der Waals surface area contributed by atoms with Gasteiger partial charge >= 0.3 is 0 Å². The summed E-state index contributed by atoms with van der Waals surface area (Å²) in [7, 11) is 6.56. The van der Waals surface area contributed by atoms with Crippen molar-refractivity contribution >= 4 is 0 Å². The number of rotatable bonds is 5. The fourth-order valence-electron chi connectivity index (χ4n) is 3.02. The minimum Gasteiger partial charge on any atom is -0.496 e. The molecule has 1 aliphatic rings. The van der Waals surface area contributed by atoms with E-state index in [1.54, 1.807) is 28.4 Å². The van der Waals surface area contributed by atoms with Crippen LogP contribution in [0.5, 0.6) is 28.7 Å². The number of fused-ring (bicyclic) bond motifs is 1. The molecule has 2 aromatic rings. The van der Waals surface area contributed by atoms with Crippen LogP contribution < -0.4 is 23.7 Å². The minimum atomic E-state index is -0.0471. The third-order valence-electron chi connectivity index (χ3n) is 4.30. The Morgan fingerprint density at radius 1 is 0.833 bits per heavy atom. The van der Waals surface area contributed by atoms with Crippen LogP contribution in [0.4, 0.5) is 0 Å². The van der Waals surface area contributed by atoms with E-state index in [1.165, 1.54) is 0 Å². The highest BCUT2D eigenvalue weighted by Gasteiger charge is 2.25. The molecule has 0 aliphatic carbocycles. The van der Waals surface area contributed by atoms with E-state index in [1.807, 2.05) is 30.3 Å². The van der Waals surface area contributed by atoms with Crippen LogP contribution in [0.1, 0.15) is 23.7 Å². The van der Waals surface area contributed by atoms with Gasteiger partial charge in [-0.3, -0.25) is 0 Å². The first kappa shape index (κ1) is 16.3. The molecule has 0 bridgehead atoms. The van der Waals surface area contributed by atoms with Crippen LogP contribution in [0.15, 0.2) is 30.3 Å². The Labute approximate surface area is 142 Å². The van der Waals surface area contributed by atoms with E-state index in [-0.39, 0.29) is 6.10 Å². The lowest BCUT2D eigenvalue weighted by Crippen LogP contribution is -2.16. The summed E-state index contributed by atoms with van der Waals surface area (Å²) in [6.45, 7) is 0. The highest BCUT2D eigenvalue weighted by atomic mass is 16.5. The largest absolute Gasteiger partial charge is 0.496 e. The smallest absolute Gasteiger partial charge is 0.161 e. The van der Waals surface area contributed by atoms with E-state index in [2.05, 4.69) is 0 Å². The molecule has 0 spiro atoms. The lowest BCUT2D eigenvalue weighted by molar-refractivity contribution is 0.173. The molecular formula is C19H22O5. The zero-order valence-electron chi connectivity index (χ0n) is 14.4. The number of hydrogen-bond acceptors (Lipinski definition) is 5. The molecule has 0 aromatic heterocycles. The Morgan fingerprint density at radius 3 is 2.25 bits per heavy atom. The predicted octanol–water partition coefficient (Wildman–Crippen LogP) is 3.79. The van der Waals surface area contributed by atoms with Gasteiger partial charge in [0, 0.05) is 17.7 Å². The summed E-state index contributed by atoms with van der Waals surface area (Å²) in [6, 6.07) is 9.67. The maximum Gasteiger partial charge on any atom is 0.161 e. The Bertz CT molecular complexity index is 726. The molecule has 0 N–H and O–H groups in total. The summed E-state index contributed by atoms with van der Waals surface area (Å²) in [5.74, 6) is 3.74. The second-order valence-electron chi connectivity index (χ2n) is 5.57. The van der Waals surface area contributed by atoms with E-state index in [4.69, 9.17) is 23.7 Å². The van der Waals surface area contributed by atoms with Crippen molar-refractivity contribution in [3.63, 3.8) is 0 Å². The molecule has 1 atom stereocenters. The van der Waals surface area contributed by atoms with Gasteiger partial charge in [0.25, 0.3) is 0 Å². The second-order valence-corrected chi connectivity index (χ2v) is 5.57. The lowest BCUT2D eigenvalue weighted by atomic mass is 9.96. The van der Waals surface area contributed by atoms with Gasteiger partial charge in [0.15, 0.2) is 11.5 Å². The van der Waals surface area contributed by atoms with Crippen molar-refractivity contribution in [3.8, 4) is 28.7 Å². The first-order valence-electron chi connectivity index (χ1n) is 7.83. The van der Waals surface area contributed by atoms with E-state index >= 15 is 0 Å². The Kier molecular flexibility index (Phi) is 4.69. The van der Waals surface area contributed by atoms with Crippen LogP contribution in [0.25, 0.3) is 0 Å². The van der Waals surface area contributed by atoms with Gasteiger partial charge in [-0.05, 0) is 30.5 Å². The number of ether oxygens (including phenoxy) is 5. The summed E-state index contributed by atoms with van der Waals surface area (Å²) in [4.78, 5) is 0. The van der Waals surface area contributed by atoms with Crippen LogP contribution in [-0.4, -0.2) is 28.4 Å². The SMILES string of the molecule is COc1cc(OC)c2c(c1)O[C@@H](c1ccc(OC)c(OC)c1)CC2. The van der Waals surface area contributed by atoms with Gasteiger partial charge in [0.1, 0.15) is 23.4 Å². The van der Waals surface area contributed by atoms with Crippen LogP contribution in [0.2, 0.25) is 0 Å². The number of benzene rings is 2. The molecule has 0 radical (unpaired) electrons. The highest BCUT2D eigenvalue weighted by molar-refractivity contribution is 5.52. The first-order valence-corrected chi connectivity index (χ1v) is 7.83. The van der Waals surface area contributed by atoms with Crippen molar-refractivity contribution in [1.29, 1.82) is 0 Å². The summed E-state index contributed by atoms with van der Waals surface area (Å²) in [6.07, 6.45) is 1.70. The molecule has 1 aliphatic heterocycles. The molecule has 0 fully saturated rings. The Balaban J connectivity index is 1.92. The van der Waals surface area contributed by atoms with E-state index in [9.17, 15) is 0 Å². The van der Waals surface area contributed by atoms with Crippen LogP contribution in [-0.2, 0) is 6.42 Å². The normalized spacial score (nSPS) is 15.9. The van der Waals surface area contributed by atoms with Gasteiger partial charge in [0.2, 0.25) is 0 Å². The van der Waals surface area contributed by atoms with Crippen LogP contribution in [0, 0.1) is 0 Å². The third kappa shape index (κ3) is 2.94. The molecule has 0 unspecified atom stereocenters. The van der Waals surface area contributed by atoms with Gasteiger partial charge in [0.05, 0.1) is 28.4 Å². The molecule has 2 aromatic carbocycles. The van der Waals surface area contributed by atoms with Gasteiger partial charge in [-0.1, -0.05) is 6.07 Å². The fraction of sp³-hybridized carbons (Fsp3) is 0.368. The van der Waals surface area contributed by atoms with Crippen molar-refractivity contribution in [2.24, 2.45) is 0 Å². The van der Waals surface area contributed by atoms with Gasteiger partial charge in [-0.2, -0.15) is 0 Å². The zero-order chi connectivity index (χ0) is 17.1. The van der Waals surface area contributed by atoms with E-state index in [0.29, 0.717) is 11.5 Å². The van der Waals surface area contributed by atoms with Gasteiger partial charge < -0.3 is 23.7 Å². The summed E-state index contributed by atoms with van der Waals surface area (Å²) >= 11 is 0. The quantitative estimate of drug-likeness (QED) is 0.835. The predicted molar refractivity (Wildman–Crippen MR) is 90.8 cm³/mol. The second kappa shape index (κ2) is 6.91. The summed E-state index contributed by atoms with van der Waals surface area (Å²) in [5, 5.41) is 0.